The molecule has 0 saturated carbocycles. The van der Waals surface area contributed by atoms with Crippen LogP contribution in [0.4, 0.5) is 4.39 Å². The van der Waals surface area contributed by atoms with Crippen LogP contribution in [0, 0.1) is 11.7 Å². The fourth-order valence-corrected chi connectivity index (χ4v) is 2.72. The first kappa shape index (κ1) is 14.3. The Balaban J connectivity index is 2.05. The van der Waals surface area contributed by atoms with Crippen LogP contribution in [-0.2, 0) is 6.54 Å². The van der Waals surface area contributed by atoms with Gasteiger partial charge in [-0.3, -0.25) is 4.90 Å². The lowest BCUT2D eigenvalue weighted by molar-refractivity contribution is 0.113. The van der Waals surface area contributed by atoms with Crippen molar-refractivity contribution in [3.63, 3.8) is 0 Å². The van der Waals surface area contributed by atoms with Gasteiger partial charge in [-0.1, -0.05) is 6.07 Å². The second-order valence-corrected chi connectivity index (χ2v) is 5.43. The van der Waals surface area contributed by atoms with Crippen LogP contribution in [0.2, 0.25) is 0 Å². The van der Waals surface area contributed by atoms with E-state index >= 15 is 0 Å². The Labute approximate surface area is 114 Å². The summed E-state index contributed by atoms with van der Waals surface area (Å²) in [5, 5.41) is 0. The topological polar surface area (TPSA) is 38.5 Å². The van der Waals surface area contributed by atoms with E-state index in [0.29, 0.717) is 17.7 Å². The number of nitrogens with zero attached hydrogens (tertiary/aromatic N) is 1. The number of hydrogen-bond donors (Lipinski definition) is 1. The molecule has 2 atom stereocenters. The minimum Gasteiger partial charge on any atom is -0.494 e. The van der Waals surface area contributed by atoms with Crippen LogP contribution in [0.3, 0.4) is 0 Å². The summed E-state index contributed by atoms with van der Waals surface area (Å²) in [6, 6.07) is 5.73. The second kappa shape index (κ2) is 6.35. The van der Waals surface area contributed by atoms with Crippen molar-refractivity contribution in [3.8, 4) is 5.75 Å². The smallest absolute Gasteiger partial charge is 0.165 e. The molecule has 1 saturated heterocycles. The highest BCUT2D eigenvalue weighted by Crippen LogP contribution is 2.24. The molecule has 0 bridgehead atoms. The molecule has 2 unspecified atom stereocenters. The Morgan fingerprint density at radius 1 is 1.42 bits per heavy atom. The highest BCUT2D eigenvalue weighted by atomic mass is 19.1. The summed E-state index contributed by atoms with van der Waals surface area (Å²) in [6.07, 6.45) is 2.37. The van der Waals surface area contributed by atoms with Gasteiger partial charge in [0.1, 0.15) is 0 Å². The van der Waals surface area contributed by atoms with Gasteiger partial charge < -0.3 is 10.5 Å². The van der Waals surface area contributed by atoms with E-state index in [-0.39, 0.29) is 5.82 Å². The lowest BCUT2D eigenvalue weighted by Gasteiger charge is -2.37. The zero-order valence-electron chi connectivity index (χ0n) is 11.7. The standard InChI is InChI=1S/C15H23FN2O/c1-11-3-4-13(8-17)10-18(11)9-12-5-6-15(19-2)14(16)7-12/h5-7,11,13H,3-4,8-10,17H2,1-2H3. The lowest BCUT2D eigenvalue weighted by atomic mass is 9.93. The lowest BCUT2D eigenvalue weighted by Crippen LogP contribution is -2.43. The van der Waals surface area contributed by atoms with Crippen molar-refractivity contribution >= 4 is 0 Å². The number of ether oxygens (including phenoxy) is 1. The summed E-state index contributed by atoms with van der Waals surface area (Å²) in [7, 11) is 1.48. The molecule has 1 aliphatic heterocycles. The maximum atomic E-state index is 13.7. The number of nitrogens with two attached hydrogens (primary N) is 1. The summed E-state index contributed by atoms with van der Waals surface area (Å²) in [5.74, 6) is 0.578. The maximum absolute atomic E-state index is 13.7. The molecule has 1 fully saturated rings. The number of piperidine rings is 1. The fraction of sp³-hybridized carbons (Fsp3) is 0.600. The Kier molecular flexibility index (Phi) is 4.77. The quantitative estimate of drug-likeness (QED) is 0.909. The molecule has 19 heavy (non-hydrogen) atoms. The highest BCUT2D eigenvalue weighted by molar-refractivity contribution is 5.29. The molecule has 3 nitrogen and oxygen atoms in total. The van der Waals surface area contributed by atoms with Crippen LogP contribution in [0.15, 0.2) is 18.2 Å². The van der Waals surface area contributed by atoms with Crippen molar-refractivity contribution in [2.75, 3.05) is 20.2 Å². The normalized spacial score (nSPS) is 24.4. The molecule has 0 radical (unpaired) electrons. The molecule has 2 N–H and O–H groups in total. The largest absolute Gasteiger partial charge is 0.494 e. The summed E-state index contributed by atoms with van der Waals surface area (Å²) in [4.78, 5) is 2.39. The van der Waals surface area contributed by atoms with Gasteiger partial charge in [0.15, 0.2) is 11.6 Å². The molecule has 0 amide bonds. The van der Waals surface area contributed by atoms with Gasteiger partial charge in [-0.05, 0) is 49.9 Å². The van der Waals surface area contributed by atoms with Crippen LogP contribution in [0.1, 0.15) is 25.3 Å². The second-order valence-electron chi connectivity index (χ2n) is 5.43. The first-order valence-electron chi connectivity index (χ1n) is 6.90. The summed E-state index contributed by atoms with van der Waals surface area (Å²) >= 11 is 0. The fourth-order valence-electron chi connectivity index (χ4n) is 2.72. The zero-order chi connectivity index (χ0) is 13.8. The number of halogens is 1. The van der Waals surface area contributed by atoms with E-state index in [4.69, 9.17) is 10.5 Å². The van der Waals surface area contributed by atoms with E-state index in [2.05, 4.69) is 11.8 Å². The average molecular weight is 266 g/mol. The maximum Gasteiger partial charge on any atom is 0.165 e. The molecule has 106 valence electrons. The molecule has 0 spiro atoms. The SMILES string of the molecule is COc1ccc(CN2CC(CN)CCC2C)cc1F. The van der Waals surface area contributed by atoms with E-state index in [9.17, 15) is 4.39 Å². The van der Waals surface area contributed by atoms with Gasteiger partial charge in [0, 0.05) is 19.1 Å². The van der Waals surface area contributed by atoms with E-state index < -0.39 is 0 Å². The van der Waals surface area contributed by atoms with Crippen LogP contribution in [-0.4, -0.2) is 31.1 Å². The van der Waals surface area contributed by atoms with Crippen molar-refractivity contribution in [2.24, 2.45) is 11.7 Å². The average Bonchev–Trinajstić information content (AvgIpc) is 2.41. The van der Waals surface area contributed by atoms with Crippen LogP contribution < -0.4 is 10.5 Å². The van der Waals surface area contributed by atoms with E-state index in [1.165, 1.54) is 20.0 Å². The van der Waals surface area contributed by atoms with Crippen molar-refractivity contribution in [1.29, 1.82) is 0 Å². The van der Waals surface area contributed by atoms with Gasteiger partial charge in [0.05, 0.1) is 7.11 Å². The first-order chi connectivity index (χ1) is 9.13. The van der Waals surface area contributed by atoms with E-state index in [1.807, 2.05) is 6.07 Å². The highest BCUT2D eigenvalue weighted by Gasteiger charge is 2.24. The van der Waals surface area contributed by atoms with Gasteiger partial charge in [0.25, 0.3) is 0 Å². The monoisotopic (exact) mass is 266 g/mol. The minimum absolute atomic E-state index is 0.292. The Bertz CT molecular complexity index is 425. The van der Waals surface area contributed by atoms with Crippen molar-refractivity contribution < 1.29 is 9.13 Å². The molecule has 1 aromatic rings. The van der Waals surface area contributed by atoms with Gasteiger partial charge in [-0.2, -0.15) is 0 Å². The number of hydrogen-bond acceptors (Lipinski definition) is 3. The third-order valence-electron chi connectivity index (χ3n) is 4.04. The molecule has 4 heteroatoms. The summed E-state index contributed by atoms with van der Waals surface area (Å²) < 4.78 is 18.6. The number of benzene rings is 1. The Hall–Kier alpha value is -1.13. The molecule has 1 aromatic carbocycles. The van der Waals surface area contributed by atoms with Crippen molar-refractivity contribution in [2.45, 2.75) is 32.4 Å². The zero-order valence-corrected chi connectivity index (χ0v) is 11.7. The van der Waals surface area contributed by atoms with Gasteiger partial charge in [0.2, 0.25) is 0 Å². The predicted octanol–water partition coefficient (Wildman–Crippen LogP) is 2.39. The van der Waals surface area contributed by atoms with Crippen molar-refractivity contribution in [1.82, 2.24) is 4.90 Å². The molecule has 1 heterocycles. The van der Waals surface area contributed by atoms with E-state index in [0.717, 1.165) is 25.2 Å². The number of rotatable bonds is 4. The molecular formula is C15H23FN2O. The molecule has 0 aliphatic carbocycles. The minimum atomic E-state index is -0.292. The first-order valence-corrected chi connectivity index (χ1v) is 6.90. The van der Waals surface area contributed by atoms with Gasteiger partial charge in [-0.25, -0.2) is 4.39 Å². The van der Waals surface area contributed by atoms with Crippen LogP contribution >= 0.6 is 0 Å². The molecule has 2 rings (SSSR count). The van der Waals surface area contributed by atoms with Gasteiger partial charge in [-0.15, -0.1) is 0 Å². The Morgan fingerprint density at radius 3 is 2.84 bits per heavy atom. The molecular weight excluding hydrogens is 243 g/mol. The number of likely N-dealkylation sites (tertiary alicyclic amines) is 1. The summed E-state index contributed by atoms with van der Waals surface area (Å²) in [6.45, 7) is 4.75. The molecule has 0 aromatic heterocycles. The van der Waals surface area contributed by atoms with E-state index in [1.54, 1.807) is 12.1 Å². The third kappa shape index (κ3) is 3.45. The molecule has 1 aliphatic rings. The Morgan fingerprint density at radius 2 is 2.21 bits per heavy atom. The number of methoxy groups -OCH3 is 1. The van der Waals surface area contributed by atoms with Gasteiger partial charge >= 0.3 is 0 Å². The van der Waals surface area contributed by atoms with Crippen LogP contribution in [0.25, 0.3) is 0 Å². The van der Waals surface area contributed by atoms with Crippen molar-refractivity contribution in [3.05, 3.63) is 29.6 Å². The predicted molar refractivity (Wildman–Crippen MR) is 74.6 cm³/mol. The van der Waals surface area contributed by atoms with Crippen LogP contribution in [0.5, 0.6) is 5.75 Å². The summed E-state index contributed by atoms with van der Waals surface area (Å²) in [5.41, 5.74) is 6.75. The third-order valence-corrected chi connectivity index (χ3v) is 4.04.